The molecule has 29 heavy (non-hydrogen) atoms. The molecular formula is C21H24N6O2. The highest BCUT2D eigenvalue weighted by Gasteiger charge is 2.33. The number of anilines is 1. The van der Waals surface area contributed by atoms with E-state index in [0.717, 1.165) is 34.9 Å². The van der Waals surface area contributed by atoms with Crippen LogP contribution in [0.25, 0.3) is 0 Å². The molecule has 1 fully saturated rings. The van der Waals surface area contributed by atoms with Gasteiger partial charge in [-0.25, -0.2) is 9.97 Å². The van der Waals surface area contributed by atoms with Crippen molar-refractivity contribution in [1.29, 1.82) is 0 Å². The van der Waals surface area contributed by atoms with Crippen molar-refractivity contribution >= 4 is 11.7 Å². The number of nitrogens with one attached hydrogen (secondary N) is 2. The molecule has 150 valence electrons. The lowest BCUT2D eigenvalue weighted by Gasteiger charge is -2.39. The molecule has 1 amide bonds. The average Bonchev–Trinajstić information content (AvgIpc) is 3.21. The van der Waals surface area contributed by atoms with Crippen LogP contribution in [0.1, 0.15) is 17.0 Å². The molecule has 1 aliphatic rings. The van der Waals surface area contributed by atoms with Crippen molar-refractivity contribution in [1.82, 2.24) is 25.3 Å². The highest BCUT2D eigenvalue weighted by atomic mass is 16.5. The van der Waals surface area contributed by atoms with Gasteiger partial charge in [-0.2, -0.15) is 0 Å². The van der Waals surface area contributed by atoms with Gasteiger partial charge in [0.2, 0.25) is 5.91 Å². The van der Waals surface area contributed by atoms with Crippen LogP contribution in [0.15, 0.2) is 49.2 Å². The first-order chi connectivity index (χ1) is 14.2. The van der Waals surface area contributed by atoms with Gasteiger partial charge in [0.15, 0.2) is 0 Å². The highest BCUT2D eigenvalue weighted by Crippen LogP contribution is 2.23. The number of amides is 1. The summed E-state index contributed by atoms with van der Waals surface area (Å²) in [5.41, 5.74) is 3.03. The number of hydrogen-bond donors (Lipinski definition) is 2. The van der Waals surface area contributed by atoms with E-state index in [1.54, 1.807) is 32.0 Å². The summed E-state index contributed by atoms with van der Waals surface area (Å²) in [5.74, 6) is 1.71. The Kier molecular flexibility index (Phi) is 5.69. The number of H-pyrrole nitrogens is 1. The molecule has 0 saturated carbocycles. The van der Waals surface area contributed by atoms with E-state index in [2.05, 4.69) is 25.2 Å². The van der Waals surface area contributed by atoms with E-state index >= 15 is 0 Å². The van der Waals surface area contributed by atoms with Gasteiger partial charge in [-0.15, -0.1) is 0 Å². The number of ether oxygens (including phenoxy) is 1. The van der Waals surface area contributed by atoms with Gasteiger partial charge in [-0.1, -0.05) is 12.1 Å². The minimum atomic E-state index is -0.0133. The SMILES string of the molecule is COc1cccc(Cc2cncc(N3CC(C(=O)NCCc4cnc[nH]4)C3)n2)c1. The van der Waals surface area contributed by atoms with E-state index in [4.69, 9.17) is 9.72 Å². The number of aromatic amines is 1. The second kappa shape index (κ2) is 8.72. The third-order valence-corrected chi connectivity index (χ3v) is 5.02. The van der Waals surface area contributed by atoms with Crippen LogP contribution in [-0.2, 0) is 17.6 Å². The van der Waals surface area contributed by atoms with Crippen LogP contribution in [0.2, 0.25) is 0 Å². The van der Waals surface area contributed by atoms with Crippen LogP contribution in [0, 0.1) is 5.92 Å². The molecule has 1 aliphatic heterocycles. The van der Waals surface area contributed by atoms with Crippen molar-refractivity contribution < 1.29 is 9.53 Å². The fourth-order valence-corrected chi connectivity index (χ4v) is 3.34. The number of rotatable bonds is 8. The summed E-state index contributed by atoms with van der Waals surface area (Å²) in [5, 5.41) is 2.99. The van der Waals surface area contributed by atoms with Crippen molar-refractivity contribution in [2.45, 2.75) is 12.8 Å². The van der Waals surface area contributed by atoms with E-state index in [9.17, 15) is 4.79 Å². The molecule has 3 aromatic rings. The maximum Gasteiger partial charge on any atom is 0.226 e. The van der Waals surface area contributed by atoms with Crippen molar-refractivity contribution in [3.8, 4) is 5.75 Å². The Bertz CT molecular complexity index is 953. The Labute approximate surface area is 169 Å². The zero-order valence-corrected chi connectivity index (χ0v) is 16.3. The number of imidazole rings is 1. The third kappa shape index (κ3) is 4.71. The Morgan fingerprint density at radius 1 is 1.28 bits per heavy atom. The molecule has 0 unspecified atom stereocenters. The molecule has 4 rings (SSSR count). The normalized spacial score (nSPS) is 13.8. The molecule has 0 aliphatic carbocycles. The number of carbonyl (C=O) groups is 1. The Morgan fingerprint density at radius 3 is 2.97 bits per heavy atom. The topological polar surface area (TPSA) is 96.0 Å². The first-order valence-corrected chi connectivity index (χ1v) is 9.65. The lowest BCUT2D eigenvalue weighted by Crippen LogP contribution is -2.54. The number of nitrogens with zero attached hydrogens (tertiary/aromatic N) is 4. The number of methoxy groups -OCH3 is 1. The fourth-order valence-electron chi connectivity index (χ4n) is 3.34. The van der Waals surface area contributed by atoms with Gasteiger partial charge in [-0.05, 0) is 17.7 Å². The number of hydrogen-bond acceptors (Lipinski definition) is 6. The summed E-state index contributed by atoms with van der Waals surface area (Å²) in [6.45, 7) is 1.92. The van der Waals surface area contributed by atoms with Crippen molar-refractivity contribution in [3.05, 3.63) is 66.1 Å². The smallest absolute Gasteiger partial charge is 0.226 e. The minimum absolute atomic E-state index is 0.0133. The molecule has 2 N–H and O–H groups in total. The molecule has 0 spiro atoms. The first-order valence-electron chi connectivity index (χ1n) is 9.65. The Balaban J connectivity index is 1.28. The monoisotopic (exact) mass is 392 g/mol. The van der Waals surface area contributed by atoms with Crippen LogP contribution in [0.5, 0.6) is 5.75 Å². The van der Waals surface area contributed by atoms with E-state index in [1.807, 2.05) is 24.3 Å². The first kappa shape index (κ1) is 18.9. The van der Waals surface area contributed by atoms with Gasteiger partial charge in [0, 0.05) is 50.6 Å². The number of carbonyl (C=O) groups excluding carboxylic acids is 1. The van der Waals surface area contributed by atoms with Gasteiger partial charge >= 0.3 is 0 Å². The Hall–Kier alpha value is -3.42. The highest BCUT2D eigenvalue weighted by molar-refractivity contribution is 5.81. The van der Waals surface area contributed by atoms with Crippen LogP contribution in [0.3, 0.4) is 0 Å². The van der Waals surface area contributed by atoms with E-state index in [0.29, 0.717) is 26.1 Å². The maximum atomic E-state index is 12.3. The van der Waals surface area contributed by atoms with E-state index < -0.39 is 0 Å². The molecule has 1 saturated heterocycles. The molecule has 2 aromatic heterocycles. The molecule has 0 atom stereocenters. The van der Waals surface area contributed by atoms with Crippen molar-refractivity contribution in [3.63, 3.8) is 0 Å². The van der Waals surface area contributed by atoms with Crippen LogP contribution < -0.4 is 15.0 Å². The summed E-state index contributed by atoms with van der Waals surface area (Å²) < 4.78 is 5.28. The van der Waals surface area contributed by atoms with Crippen LogP contribution in [-0.4, -0.2) is 52.6 Å². The second-order valence-corrected chi connectivity index (χ2v) is 7.12. The van der Waals surface area contributed by atoms with Gasteiger partial charge < -0.3 is 19.9 Å². The standard InChI is InChI=1S/C21H24N6O2/c1-29-19-4-2-3-15(8-19)7-18-10-22-11-20(26-18)27-12-16(13-27)21(28)24-6-5-17-9-23-14-25-17/h2-4,8-11,14,16H,5-7,12-13H2,1H3,(H,23,25)(H,24,28). The summed E-state index contributed by atoms with van der Waals surface area (Å²) in [6, 6.07) is 7.94. The molecule has 0 radical (unpaired) electrons. The lowest BCUT2D eigenvalue weighted by atomic mass is 9.99. The molecule has 0 bridgehead atoms. The molecule has 8 nitrogen and oxygen atoms in total. The van der Waals surface area contributed by atoms with Crippen LogP contribution >= 0.6 is 0 Å². The van der Waals surface area contributed by atoms with E-state index in [-0.39, 0.29) is 11.8 Å². The second-order valence-electron chi connectivity index (χ2n) is 7.12. The summed E-state index contributed by atoms with van der Waals surface area (Å²) in [6.07, 6.45) is 8.38. The summed E-state index contributed by atoms with van der Waals surface area (Å²) in [4.78, 5) is 30.4. The fraction of sp³-hybridized carbons (Fsp3) is 0.333. The van der Waals surface area contributed by atoms with Gasteiger partial charge in [0.05, 0.1) is 31.2 Å². The third-order valence-electron chi connectivity index (χ3n) is 5.02. The molecule has 8 heteroatoms. The molecular weight excluding hydrogens is 368 g/mol. The molecule has 3 heterocycles. The minimum Gasteiger partial charge on any atom is -0.497 e. The average molecular weight is 392 g/mol. The predicted octanol–water partition coefficient (Wildman–Crippen LogP) is 1.59. The summed E-state index contributed by atoms with van der Waals surface area (Å²) in [7, 11) is 1.66. The van der Waals surface area contributed by atoms with Gasteiger partial charge in [0.25, 0.3) is 0 Å². The number of aromatic nitrogens is 4. The van der Waals surface area contributed by atoms with Crippen LogP contribution in [0.4, 0.5) is 5.82 Å². The predicted molar refractivity (Wildman–Crippen MR) is 109 cm³/mol. The zero-order chi connectivity index (χ0) is 20.1. The summed E-state index contributed by atoms with van der Waals surface area (Å²) >= 11 is 0. The lowest BCUT2D eigenvalue weighted by molar-refractivity contribution is -0.125. The van der Waals surface area contributed by atoms with Gasteiger partial charge in [0.1, 0.15) is 11.6 Å². The molecule has 1 aromatic carbocycles. The Morgan fingerprint density at radius 2 is 2.17 bits per heavy atom. The largest absolute Gasteiger partial charge is 0.497 e. The maximum absolute atomic E-state index is 12.3. The van der Waals surface area contributed by atoms with Crippen molar-refractivity contribution in [2.24, 2.45) is 5.92 Å². The van der Waals surface area contributed by atoms with E-state index in [1.165, 1.54) is 0 Å². The van der Waals surface area contributed by atoms with Gasteiger partial charge in [-0.3, -0.25) is 9.78 Å². The van der Waals surface area contributed by atoms with Crippen molar-refractivity contribution in [2.75, 3.05) is 31.6 Å². The number of benzene rings is 1. The quantitative estimate of drug-likeness (QED) is 0.604. The zero-order valence-electron chi connectivity index (χ0n) is 16.3.